The van der Waals surface area contributed by atoms with Gasteiger partial charge in [0.25, 0.3) is 5.91 Å². The zero-order valence-corrected chi connectivity index (χ0v) is 11.6. The second-order valence-corrected chi connectivity index (χ2v) is 4.71. The molecule has 19 heavy (non-hydrogen) atoms. The molecule has 106 valence electrons. The zero-order valence-electron chi connectivity index (χ0n) is 11.6. The van der Waals surface area contributed by atoms with E-state index in [2.05, 4.69) is 0 Å². The molecule has 0 aliphatic carbocycles. The predicted molar refractivity (Wildman–Crippen MR) is 76.7 cm³/mol. The summed E-state index contributed by atoms with van der Waals surface area (Å²) in [5.74, 6) is -0.586. The molecule has 1 amide bonds. The predicted octanol–water partition coefficient (Wildman–Crippen LogP) is 0.589. The SMILES string of the molecule is CC(OCCN(C)C)c1ccc(C(N)=O)c(N)c1N. The third-order valence-electron chi connectivity index (χ3n) is 2.93. The van der Waals surface area contributed by atoms with Crippen LogP contribution in [0.1, 0.15) is 28.9 Å². The van der Waals surface area contributed by atoms with Gasteiger partial charge in [-0.25, -0.2) is 0 Å². The van der Waals surface area contributed by atoms with Crippen molar-refractivity contribution in [2.75, 3.05) is 38.7 Å². The summed E-state index contributed by atoms with van der Waals surface area (Å²) in [6.45, 7) is 3.30. The maximum Gasteiger partial charge on any atom is 0.250 e. The number of ether oxygens (including phenoxy) is 1. The van der Waals surface area contributed by atoms with Crippen LogP contribution >= 0.6 is 0 Å². The number of hydrogen-bond donors (Lipinski definition) is 3. The monoisotopic (exact) mass is 266 g/mol. The zero-order chi connectivity index (χ0) is 14.6. The number of nitrogens with two attached hydrogens (primary N) is 3. The van der Waals surface area contributed by atoms with Gasteiger partial charge in [-0.2, -0.15) is 0 Å². The van der Waals surface area contributed by atoms with E-state index in [0.29, 0.717) is 12.3 Å². The fourth-order valence-corrected chi connectivity index (χ4v) is 1.72. The number of rotatable bonds is 6. The van der Waals surface area contributed by atoms with Gasteiger partial charge in [0.2, 0.25) is 0 Å². The Morgan fingerprint density at radius 3 is 2.47 bits per heavy atom. The molecule has 1 rings (SSSR count). The average molecular weight is 266 g/mol. The highest BCUT2D eigenvalue weighted by molar-refractivity contribution is 6.01. The van der Waals surface area contributed by atoms with Gasteiger partial charge in [-0.1, -0.05) is 6.07 Å². The van der Waals surface area contributed by atoms with Crippen molar-refractivity contribution in [2.45, 2.75) is 13.0 Å². The first kappa shape index (κ1) is 15.3. The Morgan fingerprint density at radius 2 is 1.95 bits per heavy atom. The van der Waals surface area contributed by atoms with Crippen molar-refractivity contribution in [3.63, 3.8) is 0 Å². The molecule has 0 saturated heterocycles. The van der Waals surface area contributed by atoms with Gasteiger partial charge >= 0.3 is 0 Å². The molecule has 0 bridgehead atoms. The van der Waals surface area contributed by atoms with Gasteiger partial charge in [-0.3, -0.25) is 4.79 Å². The van der Waals surface area contributed by atoms with Crippen molar-refractivity contribution in [2.24, 2.45) is 5.73 Å². The fourth-order valence-electron chi connectivity index (χ4n) is 1.72. The van der Waals surface area contributed by atoms with Crippen molar-refractivity contribution >= 4 is 17.3 Å². The van der Waals surface area contributed by atoms with Crippen LogP contribution in [0.15, 0.2) is 12.1 Å². The van der Waals surface area contributed by atoms with E-state index in [4.69, 9.17) is 21.9 Å². The van der Waals surface area contributed by atoms with Gasteiger partial charge in [-0.05, 0) is 27.1 Å². The normalized spacial score (nSPS) is 12.6. The Hall–Kier alpha value is -1.79. The van der Waals surface area contributed by atoms with Crippen LogP contribution in [0.4, 0.5) is 11.4 Å². The average Bonchev–Trinajstić information content (AvgIpc) is 2.31. The van der Waals surface area contributed by atoms with Gasteiger partial charge in [0.15, 0.2) is 0 Å². The number of likely N-dealkylation sites (N-methyl/N-ethyl adjacent to an activating group) is 1. The van der Waals surface area contributed by atoms with Crippen LogP contribution in [-0.2, 0) is 4.74 Å². The Labute approximate surface area is 113 Å². The highest BCUT2D eigenvalue weighted by Crippen LogP contribution is 2.30. The summed E-state index contributed by atoms with van der Waals surface area (Å²) in [6.07, 6.45) is -0.191. The smallest absolute Gasteiger partial charge is 0.250 e. The van der Waals surface area contributed by atoms with Gasteiger partial charge < -0.3 is 26.8 Å². The molecule has 0 aliphatic heterocycles. The van der Waals surface area contributed by atoms with E-state index in [1.165, 1.54) is 0 Å². The van der Waals surface area contributed by atoms with Gasteiger partial charge in [0, 0.05) is 12.1 Å². The molecule has 1 unspecified atom stereocenters. The lowest BCUT2D eigenvalue weighted by Gasteiger charge is -2.19. The summed E-state index contributed by atoms with van der Waals surface area (Å²) in [5, 5.41) is 0. The summed E-state index contributed by atoms with van der Waals surface area (Å²) < 4.78 is 5.68. The van der Waals surface area contributed by atoms with Crippen LogP contribution in [0, 0.1) is 0 Å². The molecule has 0 radical (unpaired) electrons. The fraction of sp³-hybridized carbons (Fsp3) is 0.462. The number of nitrogens with zero attached hydrogens (tertiary/aromatic N) is 1. The largest absolute Gasteiger partial charge is 0.397 e. The summed E-state index contributed by atoms with van der Waals surface area (Å²) in [4.78, 5) is 13.2. The van der Waals surface area contributed by atoms with Crippen molar-refractivity contribution in [3.05, 3.63) is 23.3 Å². The van der Waals surface area contributed by atoms with Crippen LogP contribution in [0.3, 0.4) is 0 Å². The molecule has 6 heteroatoms. The first-order chi connectivity index (χ1) is 8.84. The molecule has 1 atom stereocenters. The van der Waals surface area contributed by atoms with E-state index in [-0.39, 0.29) is 17.4 Å². The number of amides is 1. The van der Waals surface area contributed by atoms with Gasteiger partial charge in [0.1, 0.15) is 0 Å². The molecule has 0 saturated carbocycles. The van der Waals surface area contributed by atoms with E-state index < -0.39 is 5.91 Å². The molecule has 6 nitrogen and oxygen atoms in total. The van der Waals surface area contributed by atoms with Crippen LogP contribution in [0.25, 0.3) is 0 Å². The lowest BCUT2D eigenvalue weighted by molar-refractivity contribution is 0.0560. The number of primary amides is 1. The minimum absolute atomic E-state index is 0.191. The molecule has 1 aromatic carbocycles. The van der Waals surface area contributed by atoms with E-state index >= 15 is 0 Å². The third kappa shape index (κ3) is 3.84. The summed E-state index contributed by atoms with van der Waals surface area (Å²) >= 11 is 0. The maximum atomic E-state index is 11.2. The van der Waals surface area contributed by atoms with Crippen molar-refractivity contribution in [1.29, 1.82) is 0 Å². The Kier molecular flexibility index (Phi) is 5.14. The van der Waals surface area contributed by atoms with Crippen molar-refractivity contribution in [3.8, 4) is 0 Å². The summed E-state index contributed by atoms with van der Waals surface area (Å²) in [6, 6.07) is 3.31. The maximum absolute atomic E-state index is 11.2. The number of carbonyl (C=O) groups excluding carboxylic acids is 1. The van der Waals surface area contributed by atoms with Crippen LogP contribution in [-0.4, -0.2) is 38.1 Å². The number of hydrogen-bond acceptors (Lipinski definition) is 5. The second-order valence-electron chi connectivity index (χ2n) is 4.71. The molecule has 0 aromatic heterocycles. The molecule has 0 heterocycles. The van der Waals surface area contributed by atoms with E-state index in [1.54, 1.807) is 12.1 Å². The Balaban J connectivity index is 2.84. The van der Waals surface area contributed by atoms with E-state index in [9.17, 15) is 4.79 Å². The molecular weight excluding hydrogens is 244 g/mol. The van der Waals surface area contributed by atoms with Crippen molar-refractivity contribution < 1.29 is 9.53 Å². The number of nitrogen functional groups attached to an aromatic ring is 2. The van der Waals surface area contributed by atoms with Crippen LogP contribution in [0.2, 0.25) is 0 Å². The minimum Gasteiger partial charge on any atom is -0.397 e. The molecule has 0 fully saturated rings. The van der Waals surface area contributed by atoms with Crippen LogP contribution in [0.5, 0.6) is 0 Å². The van der Waals surface area contributed by atoms with Crippen molar-refractivity contribution in [1.82, 2.24) is 4.90 Å². The summed E-state index contributed by atoms with van der Waals surface area (Å²) in [5.41, 5.74) is 18.5. The lowest BCUT2D eigenvalue weighted by Crippen LogP contribution is -2.20. The number of benzene rings is 1. The first-order valence-corrected chi connectivity index (χ1v) is 6.08. The minimum atomic E-state index is -0.586. The van der Waals surface area contributed by atoms with Gasteiger partial charge in [0.05, 0.1) is 29.6 Å². The first-order valence-electron chi connectivity index (χ1n) is 6.08. The molecule has 0 spiro atoms. The standard InChI is InChI=1S/C13H22N4O2/c1-8(19-7-6-17(2)3)9-4-5-10(13(16)18)12(15)11(9)14/h4-5,8H,6-7,14-15H2,1-3H3,(H2,16,18). The number of carbonyl (C=O) groups is 1. The Bertz CT molecular complexity index is 460. The molecule has 1 aromatic rings. The molecule has 6 N–H and O–H groups in total. The Morgan fingerprint density at radius 1 is 1.32 bits per heavy atom. The summed E-state index contributed by atoms with van der Waals surface area (Å²) in [7, 11) is 3.95. The highest BCUT2D eigenvalue weighted by Gasteiger charge is 2.16. The second kappa shape index (κ2) is 6.40. The van der Waals surface area contributed by atoms with E-state index in [1.807, 2.05) is 25.9 Å². The topological polar surface area (TPSA) is 108 Å². The highest BCUT2D eigenvalue weighted by atomic mass is 16.5. The lowest BCUT2D eigenvalue weighted by atomic mass is 10.0. The van der Waals surface area contributed by atoms with Crippen LogP contribution < -0.4 is 17.2 Å². The van der Waals surface area contributed by atoms with Gasteiger partial charge in [-0.15, -0.1) is 0 Å². The third-order valence-corrected chi connectivity index (χ3v) is 2.93. The quantitative estimate of drug-likeness (QED) is 0.653. The number of anilines is 2. The van der Waals surface area contributed by atoms with E-state index in [0.717, 1.165) is 12.1 Å². The molecule has 0 aliphatic rings. The molecular formula is C13H22N4O2.